The van der Waals surface area contributed by atoms with Gasteiger partial charge in [0.2, 0.25) is 0 Å². The number of anilines is 1. The molecule has 0 aliphatic carbocycles. The van der Waals surface area contributed by atoms with Gasteiger partial charge in [0.25, 0.3) is 0 Å². The molecule has 118 valence electrons. The quantitative estimate of drug-likeness (QED) is 0.728. The van der Waals surface area contributed by atoms with Crippen molar-refractivity contribution >= 4 is 21.7 Å². The van der Waals surface area contributed by atoms with Gasteiger partial charge in [0.1, 0.15) is 16.2 Å². The molecular weight excluding hydrogens is 330 g/mol. The minimum atomic E-state index is 0.894. The summed E-state index contributed by atoms with van der Waals surface area (Å²) < 4.78 is 0.894. The number of aryl methyl sites for hydroxylation is 1. The first-order valence-corrected chi connectivity index (χ1v) is 8.53. The third-order valence-electron chi connectivity index (χ3n) is 3.76. The summed E-state index contributed by atoms with van der Waals surface area (Å²) in [5.41, 5.74) is 0. The SMILES string of the molecule is CCCc1nc(Br)cc(N2CCN(CCN(C)C)CC2)n1. The fourth-order valence-electron chi connectivity index (χ4n) is 2.49. The van der Waals surface area contributed by atoms with Crippen molar-refractivity contribution in [3.05, 3.63) is 16.5 Å². The van der Waals surface area contributed by atoms with Gasteiger partial charge in [-0.3, -0.25) is 4.90 Å². The van der Waals surface area contributed by atoms with Crippen LogP contribution in [0.25, 0.3) is 0 Å². The maximum Gasteiger partial charge on any atom is 0.133 e. The average Bonchev–Trinajstić information content (AvgIpc) is 2.45. The van der Waals surface area contributed by atoms with Gasteiger partial charge in [-0.1, -0.05) is 6.92 Å². The van der Waals surface area contributed by atoms with Gasteiger partial charge in [-0.25, -0.2) is 9.97 Å². The summed E-state index contributed by atoms with van der Waals surface area (Å²) >= 11 is 3.51. The molecule has 0 spiro atoms. The third kappa shape index (κ3) is 5.20. The monoisotopic (exact) mass is 355 g/mol. The topological polar surface area (TPSA) is 35.5 Å². The van der Waals surface area contributed by atoms with Crippen molar-refractivity contribution in [2.75, 3.05) is 58.3 Å². The molecule has 5 nitrogen and oxygen atoms in total. The summed E-state index contributed by atoms with van der Waals surface area (Å²) in [6, 6.07) is 2.04. The lowest BCUT2D eigenvalue weighted by molar-refractivity contribution is 0.229. The molecular formula is C15H26BrN5. The summed E-state index contributed by atoms with van der Waals surface area (Å²) in [7, 11) is 4.26. The van der Waals surface area contributed by atoms with E-state index in [-0.39, 0.29) is 0 Å². The first-order valence-electron chi connectivity index (χ1n) is 7.74. The normalized spacial score (nSPS) is 16.7. The molecule has 1 aliphatic rings. The highest BCUT2D eigenvalue weighted by Gasteiger charge is 2.18. The Morgan fingerprint density at radius 1 is 1.19 bits per heavy atom. The van der Waals surface area contributed by atoms with Gasteiger partial charge < -0.3 is 9.80 Å². The van der Waals surface area contributed by atoms with Crippen molar-refractivity contribution < 1.29 is 0 Å². The Morgan fingerprint density at radius 3 is 2.52 bits per heavy atom. The number of hydrogen-bond donors (Lipinski definition) is 0. The van der Waals surface area contributed by atoms with Crippen molar-refractivity contribution in [3.8, 4) is 0 Å². The highest BCUT2D eigenvalue weighted by Crippen LogP contribution is 2.18. The molecule has 0 amide bonds. The number of hydrogen-bond acceptors (Lipinski definition) is 5. The second-order valence-electron chi connectivity index (χ2n) is 5.85. The molecule has 21 heavy (non-hydrogen) atoms. The molecule has 0 aromatic carbocycles. The zero-order chi connectivity index (χ0) is 15.2. The molecule has 0 bridgehead atoms. The molecule has 1 aliphatic heterocycles. The molecule has 0 atom stereocenters. The number of rotatable bonds is 6. The van der Waals surface area contributed by atoms with E-state index < -0.39 is 0 Å². The van der Waals surface area contributed by atoms with E-state index in [1.54, 1.807) is 0 Å². The van der Waals surface area contributed by atoms with Crippen LogP contribution in [0, 0.1) is 0 Å². The summed E-state index contributed by atoms with van der Waals surface area (Å²) in [5.74, 6) is 2.00. The Morgan fingerprint density at radius 2 is 1.90 bits per heavy atom. The van der Waals surface area contributed by atoms with Crippen LogP contribution in [0.15, 0.2) is 10.7 Å². The van der Waals surface area contributed by atoms with Crippen molar-refractivity contribution in [3.63, 3.8) is 0 Å². The van der Waals surface area contributed by atoms with E-state index in [1.165, 1.54) is 0 Å². The van der Waals surface area contributed by atoms with Crippen LogP contribution in [0.4, 0.5) is 5.82 Å². The summed E-state index contributed by atoms with van der Waals surface area (Å²) in [4.78, 5) is 16.3. The van der Waals surface area contributed by atoms with Gasteiger partial charge >= 0.3 is 0 Å². The molecule has 6 heteroatoms. The lowest BCUT2D eigenvalue weighted by Gasteiger charge is -2.36. The summed E-state index contributed by atoms with van der Waals surface area (Å²) in [5, 5.41) is 0. The molecule has 1 aromatic rings. The first kappa shape index (κ1) is 16.6. The predicted octanol–water partition coefficient (Wildman–Crippen LogP) is 1.88. The van der Waals surface area contributed by atoms with Gasteiger partial charge in [-0.15, -0.1) is 0 Å². The van der Waals surface area contributed by atoms with Crippen LogP contribution in [0.5, 0.6) is 0 Å². The van der Waals surface area contributed by atoms with Gasteiger partial charge in [-0.05, 0) is 36.4 Å². The maximum absolute atomic E-state index is 4.70. The predicted molar refractivity (Wildman–Crippen MR) is 90.9 cm³/mol. The molecule has 0 unspecified atom stereocenters. The van der Waals surface area contributed by atoms with Crippen LogP contribution in [-0.4, -0.2) is 73.1 Å². The minimum Gasteiger partial charge on any atom is -0.354 e. The third-order valence-corrected chi connectivity index (χ3v) is 4.17. The maximum atomic E-state index is 4.70. The lowest BCUT2D eigenvalue weighted by Crippen LogP contribution is -2.48. The van der Waals surface area contributed by atoms with Crippen LogP contribution in [-0.2, 0) is 6.42 Å². The fraction of sp³-hybridized carbons (Fsp3) is 0.733. The number of piperazine rings is 1. The van der Waals surface area contributed by atoms with E-state index in [2.05, 4.69) is 56.6 Å². The minimum absolute atomic E-state index is 0.894. The Bertz CT molecular complexity index is 444. The summed E-state index contributed by atoms with van der Waals surface area (Å²) in [6.07, 6.45) is 2.02. The largest absolute Gasteiger partial charge is 0.354 e. The molecule has 2 heterocycles. The van der Waals surface area contributed by atoms with Crippen LogP contribution in [0.3, 0.4) is 0 Å². The average molecular weight is 356 g/mol. The number of nitrogens with zero attached hydrogens (tertiary/aromatic N) is 5. The van der Waals surface area contributed by atoms with Crippen molar-refractivity contribution in [2.45, 2.75) is 19.8 Å². The van der Waals surface area contributed by atoms with E-state index >= 15 is 0 Å². The van der Waals surface area contributed by atoms with Crippen molar-refractivity contribution in [2.24, 2.45) is 0 Å². The molecule has 0 N–H and O–H groups in total. The van der Waals surface area contributed by atoms with E-state index in [4.69, 9.17) is 4.98 Å². The molecule has 0 radical (unpaired) electrons. The van der Waals surface area contributed by atoms with Gasteiger partial charge in [0, 0.05) is 51.8 Å². The number of halogens is 1. The van der Waals surface area contributed by atoms with Crippen LogP contribution < -0.4 is 4.90 Å². The molecule has 1 saturated heterocycles. The molecule has 1 fully saturated rings. The van der Waals surface area contributed by atoms with Crippen LogP contribution in [0.1, 0.15) is 19.2 Å². The molecule has 0 saturated carbocycles. The van der Waals surface area contributed by atoms with E-state index in [0.717, 1.165) is 68.4 Å². The van der Waals surface area contributed by atoms with Gasteiger partial charge in [-0.2, -0.15) is 0 Å². The zero-order valence-corrected chi connectivity index (χ0v) is 14.9. The molecule has 2 rings (SSSR count). The van der Waals surface area contributed by atoms with Gasteiger partial charge in [0.05, 0.1) is 0 Å². The Labute approximate surface area is 136 Å². The van der Waals surface area contributed by atoms with E-state index in [1.807, 2.05) is 6.07 Å². The fourth-order valence-corrected chi connectivity index (χ4v) is 2.90. The van der Waals surface area contributed by atoms with E-state index in [0.29, 0.717) is 0 Å². The Kier molecular flexibility index (Phi) is 6.39. The number of aromatic nitrogens is 2. The zero-order valence-electron chi connectivity index (χ0n) is 13.3. The highest BCUT2D eigenvalue weighted by atomic mass is 79.9. The van der Waals surface area contributed by atoms with Crippen molar-refractivity contribution in [1.29, 1.82) is 0 Å². The second-order valence-corrected chi connectivity index (χ2v) is 6.66. The van der Waals surface area contributed by atoms with Gasteiger partial charge in [0.15, 0.2) is 0 Å². The molecule has 1 aromatic heterocycles. The lowest BCUT2D eigenvalue weighted by atomic mass is 10.3. The van der Waals surface area contributed by atoms with Crippen LogP contribution >= 0.6 is 15.9 Å². The first-order chi connectivity index (χ1) is 10.1. The second kappa shape index (κ2) is 8.06. The standard InChI is InChI=1S/C15H26BrN5/c1-4-5-14-17-13(16)12-15(18-14)21-10-8-20(9-11-21)7-6-19(2)3/h12H,4-11H2,1-3H3. The Balaban J connectivity index is 1.92. The smallest absolute Gasteiger partial charge is 0.133 e. The van der Waals surface area contributed by atoms with Crippen LogP contribution in [0.2, 0.25) is 0 Å². The van der Waals surface area contributed by atoms with E-state index in [9.17, 15) is 0 Å². The number of likely N-dealkylation sites (N-methyl/N-ethyl adjacent to an activating group) is 1. The van der Waals surface area contributed by atoms with Crippen molar-refractivity contribution in [1.82, 2.24) is 19.8 Å². The highest BCUT2D eigenvalue weighted by molar-refractivity contribution is 9.10. The summed E-state index contributed by atoms with van der Waals surface area (Å²) in [6.45, 7) is 8.74. The Hall–Kier alpha value is -0.720.